The van der Waals surface area contributed by atoms with E-state index in [2.05, 4.69) is 20.8 Å². The van der Waals surface area contributed by atoms with Crippen LogP contribution in [0.4, 0.5) is 0 Å². The summed E-state index contributed by atoms with van der Waals surface area (Å²) in [5, 5.41) is 0. The van der Waals surface area contributed by atoms with Crippen LogP contribution < -0.4 is 0 Å². The van der Waals surface area contributed by atoms with Gasteiger partial charge in [0.05, 0.1) is 5.41 Å². The predicted octanol–water partition coefficient (Wildman–Crippen LogP) is 3.30. The number of benzene rings is 1. The van der Waals surface area contributed by atoms with E-state index in [0.29, 0.717) is 12.0 Å². The first-order valence-electron chi connectivity index (χ1n) is 7.00. The number of likely N-dealkylation sites (N-methyl/N-ethyl adjacent to an activating group) is 1. The highest BCUT2D eigenvalue weighted by Gasteiger charge is 2.47. The minimum Gasteiger partial charge on any atom is -0.281 e. The third-order valence-corrected chi connectivity index (χ3v) is 3.97. The number of amides is 2. The van der Waals surface area contributed by atoms with Gasteiger partial charge in [0.15, 0.2) is 0 Å². The van der Waals surface area contributed by atoms with Gasteiger partial charge in [0.25, 0.3) is 5.91 Å². The molecule has 1 heterocycles. The number of hydrogen-bond acceptors (Lipinski definition) is 2. The van der Waals surface area contributed by atoms with Crippen molar-refractivity contribution in [2.45, 2.75) is 46.5 Å². The topological polar surface area (TPSA) is 37.4 Å². The lowest BCUT2D eigenvalue weighted by Crippen LogP contribution is -2.52. The Kier molecular flexibility index (Phi) is 3.28. The lowest BCUT2D eigenvalue weighted by atomic mass is 9.67. The van der Waals surface area contributed by atoms with Crippen LogP contribution in [0.15, 0.2) is 18.2 Å². The molecule has 0 saturated heterocycles. The van der Waals surface area contributed by atoms with Gasteiger partial charge in [-0.1, -0.05) is 38.5 Å². The second-order valence-electron chi connectivity index (χ2n) is 7.29. The SMILES string of the molecule is Cc1ccc2c(c1)C(=O)N(C)C(=O)C2(C)CC(C)(C)C. The van der Waals surface area contributed by atoms with E-state index in [-0.39, 0.29) is 17.2 Å². The van der Waals surface area contributed by atoms with Gasteiger partial charge >= 0.3 is 0 Å². The molecule has 1 aliphatic heterocycles. The van der Waals surface area contributed by atoms with E-state index >= 15 is 0 Å². The molecule has 2 rings (SSSR count). The Labute approximate surface area is 121 Å². The largest absolute Gasteiger partial charge is 0.281 e. The van der Waals surface area contributed by atoms with Crippen LogP contribution in [0.3, 0.4) is 0 Å². The molecule has 3 heteroatoms. The number of fused-ring (bicyclic) bond motifs is 1. The molecule has 3 nitrogen and oxygen atoms in total. The Morgan fingerprint density at radius 1 is 1.20 bits per heavy atom. The van der Waals surface area contributed by atoms with Crippen LogP contribution in [0, 0.1) is 12.3 Å². The Morgan fingerprint density at radius 3 is 2.35 bits per heavy atom. The average Bonchev–Trinajstić information content (AvgIpc) is 2.32. The van der Waals surface area contributed by atoms with E-state index in [9.17, 15) is 9.59 Å². The van der Waals surface area contributed by atoms with Gasteiger partial charge in [0, 0.05) is 12.6 Å². The zero-order chi connectivity index (χ0) is 15.3. The third kappa shape index (κ3) is 2.26. The molecule has 108 valence electrons. The summed E-state index contributed by atoms with van der Waals surface area (Å²) in [5.41, 5.74) is 1.94. The van der Waals surface area contributed by atoms with Gasteiger partial charge < -0.3 is 0 Å². The monoisotopic (exact) mass is 273 g/mol. The number of carbonyl (C=O) groups is 2. The van der Waals surface area contributed by atoms with E-state index in [1.807, 2.05) is 32.0 Å². The van der Waals surface area contributed by atoms with Crippen molar-refractivity contribution in [1.82, 2.24) is 4.90 Å². The molecule has 1 aliphatic rings. The van der Waals surface area contributed by atoms with Crippen molar-refractivity contribution >= 4 is 11.8 Å². The minimum absolute atomic E-state index is 0.00773. The Balaban J connectivity index is 2.66. The standard InChI is InChI=1S/C17H23NO2/c1-11-7-8-13-12(9-11)14(19)18(6)15(20)17(13,5)10-16(2,3)4/h7-9H,10H2,1-6H3. The Bertz CT molecular complexity index is 583. The highest BCUT2D eigenvalue weighted by Crippen LogP contribution is 2.42. The van der Waals surface area contributed by atoms with Crippen LogP contribution in [-0.4, -0.2) is 23.8 Å². The maximum absolute atomic E-state index is 12.7. The van der Waals surface area contributed by atoms with Crippen molar-refractivity contribution in [2.24, 2.45) is 5.41 Å². The summed E-state index contributed by atoms with van der Waals surface area (Å²) in [5.74, 6) is -0.297. The van der Waals surface area contributed by atoms with Crippen molar-refractivity contribution in [2.75, 3.05) is 7.05 Å². The first-order valence-corrected chi connectivity index (χ1v) is 7.00. The maximum Gasteiger partial charge on any atom is 0.260 e. The van der Waals surface area contributed by atoms with Crippen LogP contribution in [0.1, 0.15) is 55.6 Å². The highest BCUT2D eigenvalue weighted by molar-refractivity contribution is 6.12. The smallest absolute Gasteiger partial charge is 0.260 e. The molecule has 0 radical (unpaired) electrons. The molecule has 1 unspecified atom stereocenters. The van der Waals surface area contributed by atoms with Crippen molar-refractivity contribution < 1.29 is 9.59 Å². The van der Waals surface area contributed by atoms with E-state index in [0.717, 1.165) is 11.1 Å². The second kappa shape index (κ2) is 4.44. The van der Waals surface area contributed by atoms with E-state index < -0.39 is 5.41 Å². The summed E-state index contributed by atoms with van der Waals surface area (Å²) < 4.78 is 0. The molecule has 1 aromatic carbocycles. The zero-order valence-electron chi connectivity index (χ0n) is 13.2. The van der Waals surface area contributed by atoms with Crippen molar-refractivity contribution in [3.63, 3.8) is 0 Å². The summed E-state index contributed by atoms with van der Waals surface area (Å²) in [4.78, 5) is 26.3. The molecule has 20 heavy (non-hydrogen) atoms. The number of imide groups is 1. The van der Waals surface area contributed by atoms with Gasteiger partial charge in [-0.25, -0.2) is 0 Å². The van der Waals surface area contributed by atoms with Crippen LogP contribution in [0.5, 0.6) is 0 Å². The van der Waals surface area contributed by atoms with Crippen LogP contribution in [0.2, 0.25) is 0 Å². The maximum atomic E-state index is 12.7. The normalized spacial score (nSPS) is 23.0. The summed E-state index contributed by atoms with van der Waals surface area (Å²) in [6, 6.07) is 5.81. The molecule has 0 saturated carbocycles. The number of aryl methyl sites for hydroxylation is 1. The van der Waals surface area contributed by atoms with Crippen LogP contribution in [-0.2, 0) is 10.2 Å². The molecule has 2 amide bonds. The van der Waals surface area contributed by atoms with Gasteiger partial charge in [-0.2, -0.15) is 0 Å². The third-order valence-electron chi connectivity index (χ3n) is 3.97. The van der Waals surface area contributed by atoms with Crippen LogP contribution >= 0.6 is 0 Å². The van der Waals surface area contributed by atoms with Crippen molar-refractivity contribution in [3.8, 4) is 0 Å². The molecule has 0 aromatic heterocycles. The first-order chi connectivity index (χ1) is 9.06. The molecule has 0 aliphatic carbocycles. The fraction of sp³-hybridized carbons (Fsp3) is 0.529. The first kappa shape index (κ1) is 14.8. The van der Waals surface area contributed by atoms with Crippen molar-refractivity contribution in [1.29, 1.82) is 0 Å². The molecule has 1 aromatic rings. The van der Waals surface area contributed by atoms with Gasteiger partial charge in [-0.05, 0) is 37.3 Å². The fourth-order valence-corrected chi connectivity index (χ4v) is 3.31. The molecular formula is C17H23NO2. The summed E-state index contributed by atoms with van der Waals surface area (Å²) in [7, 11) is 1.58. The molecular weight excluding hydrogens is 250 g/mol. The lowest BCUT2D eigenvalue weighted by molar-refractivity contribution is -0.135. The van der Waals surface area contributed by atoms with Gasteiger partial charge in [0.2, 0.25) is 5.91 Å². The average molecular weight is 273 g/mol. The summed E-state index contributed by atoms with van der Waals surface area (Å²) in [6.07, 6.45) is 0.715. The molecule has 0 N–H and O–H groups in total. The van der Waals surface area contributed by atoms with E-state index in [4.69, 9.17) is 0 Å². The second-order valence-corrected chi connectivity index (χ2v) is 7.29. The number of carbonyl (C=O) groups excluding carboxylic acids is 2. The van der Waals surface area contributed by atoms with Gasteiger partial charge in [-0.15, -0.1) is 0 Å². The summed E-state index contributed by atoms with van der Waals surface area (Å²) in [6.45, 7) is 10.3. The van der Waals surface area contributed by atoms with Crippen molar-refractivity contribution in [3.05, 3.63) is 34.9 Å². The summed E-state index contributed by atoms with van der Waals surface area (Å²) >= 11 is 0. The predicted molar refractivity (Wildman–Crippen MR) is 79.7 cm³/mol. The van der Waals surface area contributed by atoms with Crippen LogP contribution in [0.25, 0.3) is 0 Å². The quantitative estimate of drug-likeness (QED) is 0.736. The van der Waals surface area contributed by atoms with E-state index in [1.54, 1.807) is 7.05 Å². The Hall–Kier alpha value is -1.64. The molecule has 0 fully saturated rings. The minimum atomic E-state index is -0.635. The number of rotatable bonds is 1. The molecule has 1 atom stereocenters. The molecule has 0 bridgehead atoms. The molecule has 0 spiro atoms. The zero-order valence-corrected chi connectivity index (χ0v) is 13.2. The van der Waals surface area contributed by atoms with Gasteiger partial charge in [-0.3, -0.25) is 14.5 Å². The van der Waals surface area contributed by atoms with Gasteiger partial charge in [0.1, 0.15) is 0 Å². The highest BCUT2D eigenvalue weighted by atomic mass is 16.2. The fourth-order valence-electron chi connectivity index (χ4n) is 3.31. The lowest BCUT2D eigenvalue weighted by Gasteiger charge is -2.41. The Morgan fingerprint density at radius 2 is 1.80 bits per heavy atom. The number of hydrogen-bond donors (Lipinski definition) is 0. The number of nitrogens with zero attached hydrogens (tertiary/aromatic N) is 1. The van der Waals surface area contributed by atoms with E-state index in [1.165, 1.54) is 4.90 Å².